The van der Waals surface area contributed by atoms with Gasteiger partial charge in [0.05, 0.1) is 5.60 Å². The van der Waals surface area contributed by atoms with Gasteiger partial charge in [0.2, 0.25) is 0 Å². The van der Waals surface area contributed by atoms with E-state index in [-0.39, 0.29) is 16.7 Å². The Morgan fingerprint density at radius 2 is 1.71 bits per heavy atom. The highest BCUT2D eigenvalue weighted by Gasteiger charge is 2.50. The zero-order valence-electron chi connectivity index (χ0n) is 12.2. The lowest BCUT2D eigenvalue weighted by Gasteiger charge is -2.56. The van der Waals surface area contributed by atoms with Gasteiger partial charge in [-0.05, 0) is 45.4 Å². The van der Waals surface area contributed by atoms with Crippen LogP contribution in [0.4, 0.5) is 0 Å². The van der Waals surface area contributed by atoms with Crippen molar-refractivity contribution >= 4 is 0 Å². The minimum atomic E-state index is -0.0305. The Hall–Kier alpha value is -0.0800. The van der Waals surface area contributed by atoms with Crippen LogP contribution in [0.2, 0.25) is 0 Å². The van der Waals surface area contributed by atoms with E-state index in [2.05, 4.69) is 39.9 Å². The van der Waals surface area contributed by atoms with Crippen molar-refractivity contribution in [2.45, 2.75) is 78.0 Å². The van der Waals surface area contributed by atoms with Crippen molar-refractivity contribution in [2.24, 2.45) is 11.3 Å². The molecule has 0 aromatic carbocycles. The Labute approximate surface area is 107 Å². The predicted octanol–water partition coefficient (Wildman–Crippen LogP) is 3.71. The number of hydrogen-bond acceptors (Lipinski definition) is 2. The molecule has 0 aromatic rings. The van der Waals surface area contributed by atoms with Gasteiger partial charge in [0.15, 0.2) is 0 Å². The molecule has 1 spiro atoms. The number of rotatable bonds is 1. The lowest BCUT2D eigenvalue weighted by molar-refractivity contribution is -0.248. The van der Waals surface area contributed by atoms with Gasteiger partial charge < -0.3 is 4.74 Å². The molecule has 100 valence electrons. The number of ether oxygens (including phenoxy) is 1. The third-order valence-electron chi connectivity index (χ3n) is 5.42. The Morgan fingerprint density at radius 3 is 2.18 bits per heavy atom. The van der Waals surface area contributed by atoms with Crippen LogP contribution in [0.15, 0.2) is 0 Å². The van der Waals surface area contributed by atoms with E-state index in [0.717, 1.165) is 12.5 Å². The molecule has 2 aliphatic rings. The normalized spacial score (nSPS) is 40.4. The molecule has 1 saturated carbocycles. The molecule has 1 aliphatic carbocycles. The summed E-state index contributed by atoms with van der Waals surface area (Å²) < 4.78 is 6.50. The van der Waals surface area contributed by atoms with Crippen LogP contribution in [-0.2, 0) is 4.74 Å². The third-order valence-corrected chi connectivity index (χ3v) is 5.42. The predicted molar refractivity (Wildman–Crippen MR) is 71.9 cm³/mol. The lowest BCUT2D eigenvalue weighted by atomic mass is 9.72. The maximum absolute atomic E-state index is 6.50. The number of hydrogen-bond donors (Lipinski definition) is 1. The zero-order valence-corrected chi connectivity index (χ0v) is 12.2. The summed E-state index contributed by atoms with van der Waals surface area (Å²) in [5.74, 6) is 0.920. The maximum Gasteiger partial charge on any atom is 0.120 e. The molecule has 1 saturated heterocycles. The van der Waals surface area contributed by atoms with Crippen molar-refractivity contribution in [2.75, 3.05) is 6.54 Å². The van der Waals surface area contributed by atoms with Gasteiger partial charge in [0.1, 0.15) is 5.72 Å². The Bertz CT molecular complexity index is 275. The van der Waals surface area contributed by atoms with E-state index < -0.39 is 0 Å². The monoisotopic (exact) mass is 239 g/mol. The first-order valence-electron chi connectivity index (χ1n) is 7.25. The maximum atomic E-state index is 6.50. The van der Waals surface area contributed by atoms with Gasteiger partial charge in [0, 0.05) is 12.0 Å². The van der Waals surface area contributed by atoms with Gasteiger partial charge in [-0.2, -0.15) is 0 Å². The standard InChI is InChI=1S/C15H29NO/c1-6-12-7-9-15(10-8-12)16-11-13(2,3)14(4,5)17-15/h12,16H,6-11H2,1-5H3. The summed E-state index contributed by atoms with van der Waals surface area (Å²) in [6.07, 6.45) is 6.33. The fourth-order valence-corrected chi connectivity index (χ4v) is 3.09. The molecule has 0 bridgehead atoms. The van der Waals surface area contributed by atoms with Crippen molar-refractivity contribution in [3.8, 4) is 0 Å². The molecule has 0 atom stereocenters. The van der Waals surface area contributed by atoms with Crippen LogP contribution in [-0.4, -0.2) is 17.9 Å². The first-order chi connectivity index (χ1) is 7.80. The molecule has 2 nitrogen and oxygen atoms in total. The Morgan fingerprint density at radius 1 is 1.12 bits per heavy atom. The average Bonchev–Trinajstić information content (AvgIpc) is 2.26. The van der Waals surface area contributed by atoms with Crippen molar-refractivity contribution in [3.63, 3.8) is 0 Å². The molecule has 0 unspecified atom stereocenters. The molecule has 0 radical (unpaired) electrons. The van der Waals surface area contributed by atoms with Crippen molar-refractivity contribution in [1.29, 1.82) is 0 Å². The van der Waals surface area contributed by atoms with Crippen LogP contribution in [0.25, 0.3) is 0 Å². The molecule has 2 heteroatoms. The summed E-state index contributed by atoms with van der Waals surface area (Å²) >= 11 is 0. The average molecular weight is 239 g/mol. The quantitative estimate of drug-likeness (QED) is 0.753. The second-order valence-electron chi connectivity index (χ2n) is 7.20. The van der Waals surface area contributed by atoms with Gasteiger partial charge in [-0.15, -0.1) is 0 Å². The second kappa shape index (κ2) is 4.24. The molecular weight excluding hydrogens is 210 g/mol. The SMILES string of the molecule is CCC1CCC2(CC1)NCC(C)(C)C(C)(C)O2. The minimum absolute atomic E-state index is 0.0231. The molecule has 0 aromatic heterocycles. The van der Waals surface area contributed by atoms with E-state index in [1.807, 2.05) is 0 Å². The summed E-state index contributed by atoms with van der Waals surface area (Å²) in [6.45, 7) is 12.5. The molecule has 0 amide bonds. The first-order valence-corrected chi connectivity index (χ1v) is 7.25. The van der Waals surface area contributed by atoms with E-state index in [0.29, 0.717) is 0 Å². The van der Waals surface area contributed by atoms with Crippen LogP contribution < -0.4 is 5.32 Å². The molecule has 1 N–H and O–H groups in total. The summed E-state index contributed by atoms with van der Waals surface area (Å²) in [4.78, 5) is 0. The van der Waals surface area contributed by atoms with Crippen molar-refractivity contribution in [3.05, 3.63) is 0 Å². The second-order valence-corrected chi connectivity index (χ2v) is 7.20. The zero-order chi connectivity index (χ0) is 12.7. The largest absolute Gasteiger partial charge is 0.354 e. The molecule has 1 heterocycles. The fourth-order valence-electron chi connectivity index (χ4n) is 3.09. The van der Waals surface area contributed by atoms with Crippen LogP contribution in [0, 0.1) is 11.3 Å². The van der Waals surface area contributed by atoms with Gasteiger partial charge >= 0.3 is 0 Å². The highest BCUT2D eigenvalue weighted by molar-refractivity contribution is 5.00. The van der Waals surface area contributed by atoms with Gasteiger partial charge in [-0.25, -0.2) is 0 Å². The molecular formula is C15H29NO. The van der Waals surface area contributed by atoms with E-state index in [9.17, 15) is 0 Å². The van der Waals surface area contributed by atoms with Crippen molar-refractivity contribution < 1.29 is 4.74 Å². The van der Waals surface area contributed by atoms with E-state index in [1.54, 1.807) is 0 Å². The smallest absolute Gasteiger partial charge is 0.120 e. The van der Waals surface area contributed by atoms with Crippen molar-refractivity contribution in [1.82, 2.24) is 5.32 Å². The Balaban J connectivity index is 2.05. The van der Waals surface area contributed by atoms with Gasteiger partial charge in [-0.3, -0.25) is 5.32 Å². The first kappa shape index (κ1) is 13.4. The summed E-state index contributed by atoms with van der Waals surface area (Å²) in [5, 5.41) is 3.70. The van der Waals surface area contributed by atoms with Gasteiger partial charge in [-0.1, -0.05) is 27.2 Å². The van der Waals surface area contributed by atoms with Crippen LogP contribution >= 0.6 is 0 Å². The minimum Gasteiger partial charge on any atom is -0.354 e. The molecule has 2 rings (SSSR count). The van der Waals surface area contributed by atoms with Crippen LogP contribution in [0.3, 0.4) is 0 Å². The van der Waals surface area contributed by atoms with Gasteiger partial charge in [0.25, 0.3) is 0 Å². The summed E-state index contributed by atoms with van der Waals surface area (Å²) in [5.41, 5.74) is 0.155. The van der Waals surface area contributed by atoms with Crippen LogP contribution in [0.1, 0.15) is 66.7 Å². The molecule has 1 aliphatic heterocycles. The van der Waals surface area contributed by atoms with E-state index >= 15 is 0 Å². The molecule has 2 fully saturated rings. The lowest BCUT2D eigenvalue weighted by Crippen LogP contribution is -2.66. The number of nitrogens with one attached hydrogen (secondary N) is 1. The van der Waals surface area contributed by atoms with E-state index in [4.69, 9.17) is 4.74 Å². The summed E-state index contributed by atoms with van der Waals surface area (Å²) in [6, 6.07) is 0. The topological polar surface area (TPSA) is 21.3 Å². The third kappa shape index (κ3) is 2.39. The van der Waals surface area contributed by atoms with Crippen LogP contribution in [0.5, 0.6) is 0 Å². The van der Waals surface area contributed by atoms with E-state index in [1.165, 1.54) is 32.1 Å². The molecule has 17 heavy (non-hydrogen) atoms. The highest BCUT2D eigenvalue weighted by Crippen LogP contribution is 2.45. The Kier molecular flexibility index (Phi) is 3.33. The summed E-state index contributed by atoms with van der Waals surface area (Å²) in [7, 11) is 0. The fraction of sp³-hybridized carbons (Fsp3) is 1.00. The highest BCUT2D eigenvalue weighted by atomic mass is 16.5.